The molecule has 10 heteroatoms. The van der Waals surface area contributed by atoms with E-state index in [-0.39, 0.29) is 44.3 Å². The van der Waals surface area contributed by atoms with Crippen LogP contribution >= 0.6 is 0 Å². The number of furan rings is 1. The Kier molecular flexibility index (Phi) is 10.6. The number of carbonyl (C=O) groups is 2. The molecule has 0 atom stereocenters. The predicted molar refractivity (Wildman–Crippen MR) is 164 cm³/mol. The lowest BCUT2D eigenvalue weighted by Crippen LogP contribution is -2.32. The van der Waals surface area contributed by atoms with Crippen LogP contribution in [0, 0.1) is 5.82 Å². The van der Waals surface area contributed by atoms with Gasteiger partial charge in [0.05, 0.1) is 13.0 Å². The molecule has 0 aliphatic carbocycles. The molecule has 3 aromatic carbocycles. The van der Waals surface area contributed by atoms with Gasteiger partial charge in [-0.1, -0.05) is 30.3 Å². The summed E-state index contributed by atoms with van der Waals surface area (Å²) in [4.78, 5) is 24.4. The van der Waals surface area contributed by atoms with E-state index in [1.807, 2.05) is 36.4 Å². The van der Waals surface area contributed by atoms with Crippen LogP contribution in [0.25, 0.3) is 22.1 Å². The van der Waals surface area contributed by atoms with E-state index < -0.39 is 17.5 Å². The molecule has 0 unspecified atom stereocenters. The molecule has 0 spiro atoms. The van der Waals surface area contributed by atoms with E-state index in [1.54, 1.807) is 53.0 Å². The zero-order chi connectivity index (χ0) is 31.9. The van der Waals surface area contributed by atoms with Crippen LogP contribution in [0.4, 0.5) is 9.18 Å². The van der Waals surface area contributed by atoms with Crippen molar-refractivity contribution in [2.75, 3.05) is 13.7 Å². The smallest absolute Gasteiger partial charge is 0.407 e. The molecule has 1 heterocycles. The van der Waals surface area contributed by atoms with Crippen molar-refractivity contribution in [3.05, 3.63) is 88.4 Å². The van der Waals surface area contributed by atoms with E-state index in [9.17, 15) is 9.59 Å². The summed E-state index contributed by atoms with van der Waals surface area (Å²) in [5.74, 6) is 0.232. The third-order valence-electron chi connectivity index (χ3n) is 6.61. The number of nitrogens with two attached hydrogens (primary N) is 1. The lowest BCUT2D eigenvalue weighted by Gasteiger charge is -2.20. The third-order valence-corrected chi connectivity index (χ3v) is 6.61. The molecule has 0 fully saturated rings. The molecule has 3 N–H and O–H groups in total. The minimum Gasteiger partial charge on any atom is -0.489 e. The Labute approximate surface area is 256 Å². The maximum atomic E-state index is 16.0. The molecule has 4 aromatic rings. The fourth-order valence-electron chi connectivity index (χ4n) is 4.71. The monoisotopic (exact) mass is 606 g/mol. The number of alkyl carbamates (subject to hydrolysis) is 1. The summed E-state index contributed by atoms with van der Waals surface area (Å²) < 4.78 is 44.0. The molecule has 0 aliphatic heterocycles. The average Bonchev–Trinajstić information content (AvgIpc) is 3.37. The molecule has 234 valence electrons. The highest BCUT2D eigenvalue weighted by atomic mass is 19.1. The van der Waals surface area contributed by atoms with Crippen LogP contribution in [-0.4, -0.2) is 31.4 Å². The summed E-state index contributed by atoms with van der Waals surface area (Å²) in [6.45, 7) is 7.92. The van der Waals surface area contributed by atoms with Gasteiger partial charge in [-0.3, -0.25) is 4.79 Å². The van der Waals surface area contributed by atoms with Gasteiger partial charge in [0.15, 0.2) is 0 Å². The van der Waals surface area contributed by atoms with E-state index in [0.717, 1.165) is 16.5 Å². The number of methoxy groups -OCH3 is 1. The van der Waals surface area contributed by atoms with Crippen LogP contribution in [0.2, 0.25) is 0 Å². The molecule has 1 amide bonds. The number of hydrogen-bond acceptors (Lipinski definition) is 8. The molecule has 0 bridgehead atoms. The Hall–Kier alpha value is -4.41. The second kappa shape index (κ2) is 14.4. The van der Waals surface area contributed by atoms with Gasteiger partial charge >= 0.3 is 12.1 Å². The van der Waals surface area contributed by atoms with Gasteiger partial charge in [0.2, 0.25) is 0 Å². The van der Waals surface area contributed by atoms with E-state index in [1.165, 1.54) is 0 Å². The van der Waals surface area contributed by atoms with Crippen molar-refractivity contribution >= 4 is 23.0 Å². The first-order chi connectivity index (χ1) is 21.0. The standard InChI is InChI=1S/C34H39FN2O7/c1-6-41-30(38)16-23-11-10-21(17-36)14-29(23)42-19-22-12-25-15-26(20-40-5)43-32(25)28(13-22)27-9-7-8-24(31(27)35)18-37-33(39)44-34(2,3)4/h7-15H,6,16-20,36H2,1-5H3,(H,37,39). The highest BCUT2D eigenvalue weighted by molar-refractivity contribution is 5.94. The number of fused-ring (bicyclic) bond motifs is 1. The van der Waals surface area contributed by atoms with E-state index in [2.05, 4.69) is 5.32 Å². The van der Waals surface area contributed by atoms with Crippen LogP contribution < -0.4 is 15.8 Å². The number of carbonyl (C=O) groups excluding carboxylic acids is 2. The molecule has 1 aromatic heterocycles. The Bertz CT molecular complexity index is 1620. The van der Waals surface area contributed by atoms with Crippen LogP contribution in [-0.2, 0) is 51.7 Å². The Morgan fingerprint density at radius 2 is 1.77 bits per heavy atom. The highest BCUT2D eigenvalue weighted by Crippen LogP contribution is 2.36. The summed E-state index contributed by atoms with van der Waals surface area (Å²) in [5.41, 5.74) is 9.03. The van der Waals surface area contributed by atoms with Gasteiger partial charge in [-0.05, 0) is 63.1 Å². The largest absolute Gasteiger partial charge is 0.489 e. The first-order valence-corrected chi connectivity index (χ1v) is 14.4. The van der Waals surface area contributed by atoms with Gasteiger partial charge in [0, 0.05) is 47.8 Å². The molecule has 9 nitrogen and oxygen atoms in total. The van der Waals surface area contributed by atoms with E-state index in [4.69, 9.17) is 29.1 Å². The first-order valence-electron chi connectivity index (χ1n) is 14.4. The first kappa shape index (κ1) is 32.5. The van der Waals surface area contributed by atoms with Crippen LogP contribution in [0.15, 0.2) is 59.0 Å². The molecule has 4 rings (SSSR count). The lowest BCUT2D eigenvalue weighted by molar-refractivity contribution is -0.142. The zero-order valence-electron chi connectivity index (χ0n) is 25.8. The summed E-state index contributed by atoms with van der Waals surface area (Å²) in [7, 11) is 1.57. The molecule has 0 saturated carbocycles. The third kappa shape index (κ3) is 8.36. The molecule has 0 radical (unpaired) electrons. The van der Waals surface area contributed by atoms with Crippen molar-refractivity contribution in [3.8, 4) is 16.9 Å². The summed E-state index contributed by atoms with van der Waals surface area (Å²) in [5, 5.41) is 3.36. The second-order valence-corrected chi connectivity index (χ2v) is 11.3. The predicted octanol–water partition coefficient (Wildman–Crippen LogP) is 6.55. The number of esters is 1. The maximum absolute atomic E-state index is 16.0. The number of amides is 1. The van der Waals surface area contributed by atoms with Crippen molar-refractivity contribution in [1.29, 1.82) is 0 Å². The van der Waals surface area contributed by atoms with Crippen molar-refractivity contribution < 1.29 is 37.3 Å². The Morgan fingerprint density at radius 1 is 0.977 bits per heavy atom. The number of benzene rings is 3. The van der Waals surface area contributed by atoms with Gasteiger partial charge in [0.25, 0.3) is 0 Å². The van der Waals surface area contributed by atoms with E-state index >= 15 is 4.39 Å². The molecular formula is C34H39FN2O7. The average molecular weight is 607 g/mol. The summed E-state index contributed by atoms with van der Waals surface area (Å²) >= 11 is 0. The topological polar surface area (TPSA) is 122 Å². The summed E-state index contributed by atoms with van der Waals surface area (Å²) in [6, 6.07) is 16.0. The number of hydrogen-bond donors (Lipinski definition) is 2. The lowest BCUT2D eigenvalue weighted by atomic mass is 9.98. The number of halogens is 1. The van der Waals surface area contributed by atoms with Crippen LogP contribution in [0.5, 0.6) is 5.75 Å². The van der Waals surface area contributed by atoms with Gasteiger partial charge in [-0.25, -0.2) is 9.18 Å². The molecular weight excluding hydrogens is 567 g/mol. The minimum absolute atomic E-state index is 0.0513. The fourth-order valence-corrected chi connectivity index (χ4v) is 4.71. The number of ether oxygens (including phenoxy) is 4. The highest BCUT2D eigenvalue weighted by Gasteiger charge is 2.20. The maximum Gasteiger partial charge on any atom is 0.407 e. The Morgan fingerprint density at radius 3 is 2.48 bits per heavy atom. The number of rotatable bonds is 12. The van der Waals surface area contributed by atoms with Gasteiger partial charge in [-0.2, -0.15) is 0 Å². The molecule has 44 heavy (non-hydrogen) atoms. The van der Waals surface area contributed by atoms with E-state index in [0.29, 0.717) is 40.3 Å². The molecule has 0 aliphatic rings. The minimum atomic E-state index is -0.678. The van der Waals surface area contributed by atoms with Crippen molar-refractivity contribution in [2.24, 2.45) is 5.73 Å². The fraction of sp³-hybridized carbons (Fsp3) is 0.353. The van der Waals surface area contributed by atoms with Gasteiger partial charge in [-0.15, -0.1) is 0 Å². The Balaban J connectivity index is 1.68. The second-order valence-electron chi connectivity index (χ2n) is 11.3. The van der Waals surface area contributed by atoms with Crippen LogP contribution in [0.1, 0.15) is 55.7 Å². The van der Waals surface area contributed by atoms with Crippen molar-refractivity contribution in [3.63, 3.8) is 0 Å². The van der Waals surface area contributed by atoms with Crippen LogP contribution in [0.3, 0.4) is 0 Å². The number of nitrogens with one attached hydrogen (secondary N) is 1. The van der Waals surface area contributed by atoms with Gasteiger partial charge < -0.3 is 34.4 Å². The van der Waals surface area contributed by atoms with Crippen molar-refractivity contribution in [1.82, 2.24) is 5.32 Å². The van der Waals surface area contributed by atoms with Crippen molar-refractivity contribution in [2.45, 2.75) is 66.0 Å². The van der Waals surface area contributed by atoms with Gasteiger partial charge in [0.1, 0.15) is 41.7 Å². The zero-order valence-corrected chi connectivity index (χ0v) is 25.8. The normalized spacial score (nSPS) is 11.4. The SMILES string of the molecule is CCOC(=O)Cc1ccc(CN)cc1OCc1cc(-c2cccc(CNC(=O)OC(C)(C)C)c2F)c2oc(COC)cc2c1. The molecule has 0 saturated heterocycles. The quantitative estimate of drug-likeness (QED) is 0.174. The summed E-state index contributed by atoms with van der Waals surface area (Å²) in [6.07, 6.45) is -0.587.